The van der Waals surface area contributed by atoms with E-state index in [1.165, 1.54) is 25.7 Å². The number of aliphatic hydroxyl groups excluding tert-OH is 1. The summed E-state index contributed by atoms with van der Waals surface area (Å²) in [6.45, 7) is 7.94. The van der Waals surface area contributed by atoms with Gasteiger partial charge in [-0.3, -0.25) is 4.57 Å². The van der Waals surface area contributed by atoms with Gasteiger partial charge in [-0.15, -0.1) is 13.2 Å². The van der Waals surface area contributed by atoms with Crippen molar-refractivity contribution in [3.63, 3.8) is 0 Å². The maximum atomic E-state index is 12.4. The third-order valence-electron chi connectivity index (χ3n) is 3.37. The lowest BCUT2D eigenvalue weighted by molar-refractivity contribution is 0.236. The summed E-state index contributed by atoms with van der Waals surface area (Å²) in [6, 6.07) is 0. The number of hydrogen-bond donors (Lipinski definition) is 1. The Balaban J connectivity index is 3.64. The quantitative estimate of drug-likeness (QED) is 0.229. The van der Waals surface area contributed by atoms with Gasteiger partial charge in [-0.25, -0.2) is 0 Å². The second-order valence-corrected chi connectivity index (χ2v) is 7.59. The van der Waals surface area contributed by atoms with Crippen LogP contribution in [-0.2, 0) is 13.6 Å². The van der Waals surface area contributed by atoms with E-state index in [1.54, 1.807) is 12.2 Å². The van der Waals surface area contributed by atoms with E-state index in [9.17, 15) is 4.57 Å². The van der Waals surface area contributed by atoms with E-state index in [4.69, 9.17) is 14.2 Å². The molecule has 0 aromatic carbocycles. The summed E-state index contributed by atoms with van der Waals surface area (Å²) in [5.74, 6) is 0. The van der Waals surface area contributed by atoms with Crippen LogP contribution in [0.15, 0.2) is 25.3 Å². The Morgan fingerprint density at radius 1 is 0.773 bits per heavy atom. The maximum Gasteiger partial charge on any atom is 0.331 e. The van der Waals surface area contributed by atoms with Crippen LogP contribution in [0.1, 0.15) is 57.8 Å². The molecule has 0 aliphatic heterocycles. The minimum Gasteiger partial charge on any atom is -0.396 e. The Morgan fingerprint density at radius 2 is 1.18 bits per heavy atom. The molecule has 0 aliphatic carbocycles. The highest BCUT2D eigenvalue weighted by molar-refractivity contribution is 7.53. The van der Waals surface area contributed by atoms with Crippen LogP contribution in [0, 0.1) is 0 Å². The fourth-order valence-corrected chi connectivity index (χ4v) is 3.76. The van der Waals surface area contributed by atoms with Crippen molar-refractivity contribution in [2.75, 3.05) is 26.0 Å². The third-order valence-corrected chi connectivity index (χ3v) is 5.32. The minimum absolute atomic E-state index is 0.252. The van der Waals surface area contributed by atoms with Crippen molar-refractivity contribution in [2.45, 2.75) is 57.8 Å². The van der Waals surface area contributed by atoms with Crippen LogP contribution in [0.4, 0.5) is 0 Å². The summed E-state index contributed by atoms with van der Waals surface area (Å²) >= 11 is 0. The largest absolute Gasteiger partial charge is 0.396 e. The summed E-state index contributed by atoms with van der Waals surface area (Å²) < 4.78 is 23.0. The zero-order chi connectivity index (χ0) is 16.5. The lowest BCUT2D eigenvalue weighted by Crippen LogP contribution is -2.01. The van der Waals surface area contributed by atoms with Crippen LogP contribution in [0.3, 0.4) is 0 Å². The summed E-state index contributed by atoms with van der Waals surface area (Å²) in [5, 5.41) is 8.69. The molecule has 0 unspecified atom stereocenters. The van der Waals surface area contributed by atoms with Gasteiger partial charge in [0.1, 0.15) is 0 Å². The Hall–Kier alpha value is -0.410. The van der Waals surface area contributed by atoms with Gasteiger partial charge >= 0.3 is 7.60 Å². The van der Waals surface area contributed by atoms with Gasteiger partial charge in [-0.1, -0.05) is 57.1 Å². The molecule has 0 saturated carbocycles. The molecule has 4 nitrogen and oxygen atoms in total. The van der Waals surface area contributed by atoms with Crippen LogP contribution in [0.2, 0.25) is 0 Å². The van der Waals surface area contributed by atoms with E-state index >= 15 is 0 Å². The molecule has 0 amide bonds. The van der Waals surface area contributed by atoms with Crippen molar-refractivity contribution in [1.82, 2.24) is 0 Å². The van der Waals surface area contributed by atoms with Crippen LogP contribution in [0.25, 0.3) is 0 Å². The van der Waals surface area contributed by atoms with Gasteiger partial charge in [0, 0.05) is 6.61 Å². The molecule has 1 N–H and O–H groups in total. The van der Waals surface area contributed by atoms with Gasteiger partial charge in [0.2, 0.25) is 0 Å². The second-order valence-electron chi connectivity index (χ2n) is 5.41. The molecule has 130 valence electrons. The lowest BCUT2D eigenvalue weighted by atomic mass is 10.1. The molecule has 0 atom stereocenters. The van der Waals surface area contributed by atoms with Crippen LogP contribution < -0.4 is 0 Å². The van der Waals surface area contributed by atoms with Crippen molar-refractivity contribution in [3.8, 4) is 0 Å². The van der Waals surface area contributed by atoms with Crippen molar-refractivity contribution < 1.29 is 18.7 Å². The lowest BCUT2D eigenvalue weighted by Gasteiger charge is -2.16. The topological polar surface area (TPSA) is 55.8 Å². The smallest absolute Gasteiger partial charge is 0.331 e. The van der Waals surface area contributed by atoms with E-state index in [-0.39, 0.29) is 13.2 Å². The molecule has 0 rings (SSSR count). The molecule has 0 aromatic rings. The average molecular weight is 332 g/mol. The first-order chi connectivity index (χ1) is 10.7. The normalized spacial score (nSPS) is 11.5. The molecule has 0 spiro atoms. The summed E-state index contributed by atoms with van der Waals surface area (Å²) in [6.07, 6.45) is 13.6. The van der Waals surface area contributed by atoms with E-state index in [0.29, 0.717) is 12.8 Å². The molecule has 22 heavy (non-hydrogen) atoms. The van der Waals surface area contributed by atoms with E-state index < -0.39 is 7.60 Å². The SMILES string of the molecule is C=CCOP(=O)(CCCCCCCCCCCO)OCC=C. The van der Waals surface area contributed by atoms with Crippen LogP contribution >= 0.6 is 7.60 Å². The Morgan fingerprint density at radius 3 is 1.59 bits per heavy atom. The predicted octanol–water partition coefficient (Wildman–Crippen LogP) is 5.09. The molecule has 5 heteroatoms. The molecule has 0 aromatic heterocycles. The Kier molecular flexibility index (Phi) is 15.2. The standard InChI is InChI=1S/C17H33O4P/c1-3-15-20-22(19,21-16-4-2)17-13-11-9-7-5-6-8-10-12-14-18/h3-4,18H,1-2,5-17H2. The van der Waals surface area contributed by atoms with Crippen molar-refractivity contribution in [1.29, 1.82) is 0 Å². The Labute approximate surface area is 136 Å². The molecule has 0 saturated heterocycles. The van der Waals surface area contributed by atoms with Crippen molar-refractivity contribution in [2.24, 2.45) is 0 Å². The van der Waals surface area contributed by atoms with Crippen molar-refractivity contribution >= 4 is 7.60 Å². The maximum absolute atomic E-state index is 12.4. The molecule has 0 heterocycles. The highest BCUT2D eigenvalue weighted by Gasteiger charge is 2.22. The first kappa shape index (κ1) is 21.6. The number of aliphatic hydroxyl groups is 1. The van der Waals surface area contributed by atoms with Gasteiger partial charge in [-0.05, 0) is 12.8 Å². The van der Waals surface area contributed by atoms with Crippen molar-refractivity contribution in [3.05, 3.63) is 25.3 Å². The van der Waals surface area contributed by atoms with Gasteiger partial charge in [-0.2, -0.15) is 0 Å². The molecular formula is C17H33O4P. The monoisotopic (exact) mass is 332 g/mol. The van der Waals surface area contributed by atoms with E-state index in [1.807, 2.05) is 0 Å². The van der Waals surface area contributed by atoms with Gasteiger partial charge in [0.15, 0.2) is 0 Å². The second kappa shape index (κ2) is 15.5. The summed E-state index contributed by atoms with van der Waals surface area (Å²) in [4.78, 5) is 0. The van der Waals surface area contributed by atoms with Gasteiger partial charge in [0.05, 0.1) is 19.4 Å². The van der Waals surface area contributed by atoms with E-state index in [0.717, 1.165) is 32.1 Å². The highest BCUT2D eigenvalue weighted by Crippen LogP contribution is 2.49. The predicted molar refractivity (Wildman–Crippen MR) is 93.4 cm³/mol. The fourth-order valence-electron chi connectivity index (χ4n) is 2.15. The molecule has 0 bridgehead atoms. The summed E-state index contributed by atoms with van der Waals surface area (Å²) in [7, 11) is -2.99. The Bertz CT molecular complexity index is 302. The summed E-state index contributed by atoms with van der Waals surface area (Å²) in [5.41, 5.74) is 0. The van der Waals surface area contributed by atoms with Crippen LogP contribution in [0.5, 0.6) is 0 Å². The highest BCUT2D eigenvalue weighted by atomic mass is 31.2. The van der Waals surface area contributed by atoms with Gasteiger partial charge in [0.25, 0.3) is 0 Å². The minimum atomic E-state index is -2.99. The fraction of sp³-hybridized carbons (Fsp3) is 0.765. The van der Waals surface area contributed by atoms with Gasteiger partial charge < -0.3 is 14.2 Å². The number of rotatable bonds is 17. The first-order valence-electron chi connectivity index (χ1n) is 8.39. The molecular weight excluding hydrogens is 299 g/mol. The average Bonchev–Trinajstić information content (AvgIpc) is 2.53. The number of unbranched alkanes of at least 4 members (excludes halogenated alkanes) is 8. The molecule has 0 fully saturated rings. The first-order valence-corrected chi connectivity index (χ1v) is 10.1. The zero-order valence-corrected chi connectivity index (χ0v) is 14.8. The molecule has 0 radical (unpaired) electrons. The van der Waals surface area contributed by atoms with Crippen LogP contribution in [-0.4, -0.2) is 31.1 Å². The van der Waals surface area contributed by atoms with E-state index in [2.05, 4.69) is 13.2 Å². The zero-order valence-electron chi connectivity index (χ0n) is 13.9. The molecule has 0 aliphatic rings. The number of hydrogen-bond acceptors (Lipinski definition) is 4. The third kappa shape index (κ3) is 13.3.